The third kappa shape index (κ3) is 5.63. The minimum Gasteiger partial charge on any atom is -0.493 e. The van der Waals surface area contributed by atoms with Gasteiger partial charge < -0.3 is 15.4 Å². The SMILES string of the molecule is N#CCCOc1ccc(Nc2nc(Nc3cccc(S(N)(=O)=O)c3)ncc2F)cc1. The fourth-order valence-electron chi connectivity index (χ4n) is 2.38. The predicted octanol–water partition coefficient (Wildman–Crippen LogP) is 3.04. The molecule has 0 aliphatic rings. The van der Waals surface area contributed by atoms with E-state index < -0.39 is 15.8 Å². The summed E-state index contributed by atoms with van der Waals surface area (Å²) in [6.45, 7) is 0.283. The Hall–Kier alpha value is -3.75. The van der Waals surface area contributed by atoms with Crippen molar-refractivity contribution >= 4 is 33.2 Å². The van der Waals surface area contributed by atoms with E-state index >= 15 is 0 Å². The molecule has 0 aliphatic carbocycles. The van der Waals surface area contributed by atoms with Crippen LogP contribution in [0, 0.1) is 17.1 Å². The summed E-state index contributed by atoms with van der Waals surface area (Å²) in [5.41, 5.74) is 0.931. The maximum Gasteiger partial charge on any atom is 0.238 e. The van der Waals surface area contributed by atoms with Gasteiger partial charge >= 0.3 is 0 Å². The van der Waals surface area contributed by atoms with Crippen LogP contribution in [0.25, 0.3) is 0 Å². The Bertz CT molecular complexity index is 1180. The van der Waals surface area contributed by atoms with Gasteiger partial charge in [0.05, 0.1) is 23.6 Å². The molecule has 0 aliphatic heterocycles. The van der Waals surface area contributed by atoms with Crippen molar-refractivity contribution in [3.8, 4) is 11.8 Å². The second-order valence-electron chi connectivity index (χ2n) is 5.99. The van der Waals surface area contributed by atoms with Crippen LogP contribution in [0.2, 0.25) is 0 Å². The Morgan fingerprint density at radius 2 is 1.90 bits per heavy atom. The molecule has 0 saturated carbocycles. The molecule has 11 heteroatoms. The minimum atomic E-state index is -3.86. The number of nitrogens with zero attached hydrogens (tertiary/aromatic N) is 3. The van der Waals surface area contributed by atoms with Crippen molar-refractivity contribution in [2.75, 3.05) is 17.2 Å². The predicted molar refractivity (Wildman–Crippen MR) is 109 cm³/mol. The van der Waals surface area contributed by atoms with Gasteiger partial charge in [-0.1, -0.05) is 6.07 Å². The number of nitrogens with one attached hydrogen (secondary N) is 2. The molecule has 0 radical (unpaired) electrons. The van der Waals surface area contributed by atoms with Gasteiger partial charge in [0.15, 0.2) is 11.6 Å². The molecular formula is C19H17FN6O3S. The highest BCUT2D eigenvalue weighted by Crippen LogP contribution is 2.23. The van der Waals surface area contributed by atoms with Crippen LogP contribution in [0.5, 0.6) is 5.75 Å². The van der Waals surface area contributed by atoms with Crippen molar-refractivity contribution in [3.05, 3.63) is 60.5 Å². The molecule has 0 fully saturated rings. The number of anilines is 4. The topological polar surface area (TPSA) is 143 Å². The molecule has 0 saturated heterocycles. The number of halogens is 1. The number of hydrogen-bond donors (Lipinski definition) is 3. The molecule has 0 amide bonds. The second kappa shape index (κ2) is 9.17. The van der Waals surface area contributed by atoms with Crippen LogP contribution in [-0.2, 0) is 10.0 Å². The van der Waals surface area contributed by atoms with Gasteiger partial charge in [-0.2, -0.15) is 10.2 Å². The van der Waals surface area contributed by atoms with Crippen LogP contribution < -0.4 is 20.5 Å². The number of primary sulfonamides is 1. The molecule has 30 heavy (non-hydrogen) atoms. The summed E-state index contributed by atoms with van der Waals surface area (Å²) >= 11 is 0. The zero-order chi connectivity index (χ0) is 21.6. The van der Waals surface area contributed by atoms with E-state index in [4.69, 9.17) is 15.1 Å². The molecule has 1 heterocycles. The van der Waals surface area contributed by atoms with E-state index in [1.807, 2.05) is 6.07 Å². The molecule has 3 aromatic rings. The van der Waals surface area contributed by atoms with Crippen LogP contribution in [0.15, 0.2) is 59.6 Å². The number of rotatable bonds is 8. The number of aromatic nitrogens is 2. The van der Waals surface area contributed by atoms with Crippen molar-refractivity contribution in [2.24, 2.45) is 5.14 Å². The average molecular weight is 428 g/mol. The largest absolute Gasteiger partial charge is 0.493 e. The fraction of sp³-hybridized carbons (Fsp3) is 0.105. The van der Waals surface area contributed by atoms with E-state index in [2.05, 4.69) is 20.6 Å². The maximum atomic E-state index is 14.1. The highest BCUT2D eigenvalue weighted by molar-refractivity contribution is 7.89. The smallest absolute Gasteiger partial charge is 0.238 e. The van der Waals surface area contributed by atoms with E-state index in [1.54, 1.807) is 30.3 Å². The van der Waals surface area contributed by atoms with Crippen LogP contribution in [0.3, 0.4) is 0 Å². The van der Waals surface area contributed by atoms with Gasteiger partial charge in [-0.15, -0.1) is 0 Å². The number of benzene rings is 2. The van der Waals surface area contributed by atoms with Gasteiger partial charge in [0.25, 0.3) is 0 Å². The van der Waals surface area contributed by atoms with Gasteiger partial charge in [0, 0.05) is 11.4 Å². The molecule has 0 spiro atoms. The highest BCUT2D eigenvalue weighted by Gasteiger charge is 2.11. The van der Waals surface area contributed by atoms with Crippen LogP contribution in [0.1, 0.15) is 6.42 Å². The van der Waals surface area contributed by atoms with Gasteiger partial charge in [-0.25, -0.2) is 22.9 Å². The lowest BCUT2D eigenvalue weighted by molar-refractivity contribution is 0.326. The standard InChI is InChI=1S/C19H17FN6O3S/c20-17-12-23-19(25-14-3-1-4-16(11-14)30(22,27)28)26-18(17)24-13-5-7-15(8-6-13)29-10-2-9-21/h1,3-8,11-12H,2,10H2,(H2,22,27,28)(H2,23,24,25,26). The summed E-state index contributed by atoms with van der Waals surface area (Å²) in [6, 6.07) is 14.5. The molecule has 9 nitrogen and oxygen atoms in total. The van der Waals surface area contributed by atoms with Crippen molar-refractivity contribution < 1.29 is 17.5 Å². The number of hydrogen-bond acceptors (Lipinski definition) is 8. The number of sulfonamides is 1. The third-order valence-electron chi connectivity index (χ3n) is 3.76. The Kier molecular flexibility index (Phi) is 6.41. The molecular weight excluding hydrogens is 411 g/mol. The lowest BCUT2D eigenvalue weighted by atomic mass is 10.3. The van der Waals surface area contributed by atoms with E-state index in [9.17, 15) is 12.8 Å². The van der Waals surface area contributed by atoms with Gasteiger partial charge in [0.1, 0.15) is 12.4 Å². The molecule has 0 atom stereocenters. The zero-order valence-corrected chi connectivity index (χ0v) is 16.4. The van der Waals surface area contributed by atoms with E-state index in [-0.39, 0.29) is 29.7 Å². The Morgan fingerprint density at radius 3 is 2.60 bits per heavy atom. The van der Waals surface area contributed by atoms with Gasteiger partial charge in [0.2, 0.25) is 16.0 Å². The van der Waals surface area contributed by atoms with Crippen molar-refractivity contribution in [1.29, 1.82) is 5.26 Å². The monoisotopic (exact) mass is 428 g/mol. The third-order valence-corrected chi connectivity index (χ3v) is 4.67. The fourth-order valence-corrected chi connectivity index (χ4v) is 2.94. The molecule has 1 aromatic heterocycles. The van der Waals surface area contributed by atoms with Crippen molar-refractivity contribution in [1.82, 2.24) is 9.97 Å². The average Bonchev–Trinajstić information content (AvgIpc) is 2.71. The maximum absolute atomic E-state index is 14.1. The summed E-state index contributed by atoms with van der Waals surface area (Å²) < 4.78 is 42.5. The van der Waals surface area contributed by atoms with E-state index in [0.29, 0.717) is 17.1 Å². The summed E-state index contributed by atoms with van der Waals surface area (Å²) in [4.78, 5) is 7.86. The van der Waals surface area contributed by atoms with Crippen LogP contribution in [-0.4, -0.2) is 25.0 Å². The van der Waals surface area contributed by atoms with E-state index in [0.717, 1.165) is 6.20 Å². The molecule has 0 unspecified atom stereocenters. The lowest BCUT2D eigenvalue weighted by Gasteiger charge is -2.11. The van der Waals surface area contributed by atoms with Crippen LogP contribution >= 0.6 is 0 Å². The summed E-state index contributed by atoms with van der Waals surface area (Å²) in [7, 11) is -3.86. The van der Waals surface area contributed by atoms with Crippen molar-refractivity contribution in [3.63, 3.8) is 0 Å². The normalized spacial score (nSPS) is 10.8. The highest BCUT2D eigenvalue weighted by atomic mass is 32.2. The first-order valence-electron chi connectivity index (χ1n) is 8.64. The summed E-state index contributed by atoms with van der Waals surface area (Å²) in [5.74, 6) is -0.112. The minimum absolute atomic E-state index is 0.0573. The summed E-state index contributed by atoms with van der Waals surface area (Å²) in [6.07, 6.45) is 1.27. The first-order valence-corrected chi connectivity index (χ1v) is 10.2. The molecule has 154 valence electrons. The molecule has 0 bridgehead atoms. The number of nitrogens with two attached hydrogens (primary N) is 1. The zero-order valence-electron chi connectivity index (χ0n) is 15.5. The summed E-state index contributed by atoms with van der Waals surface area (Å²) in [5, 5.41) is 19.3. The Morgan fingerprint density at radius 1 is 1.13 bits per heavy atom. The molecule has 3 rings (SSSR count). The number of nitriles is 1. The van der Waals surface area contributed by atoms with Crippen molar-refractivity contribution in [2.45, 2.75) is 11.3 Å². The quantitative estimate of drug-likeness (QED) is 0.465. The molecule has 2 aromatic carbocycles. The first kappa shape index (κ1) is 21.0. The Balaban J connectivity index is 1.74. The lowest BCUT2D eigenvalue weighted by Crippen LogP contribution is -2.12. The van der Waals surface area contributed by atoms with Gasteiger partial charge in [-0.05, 0) is 42.5 Å². The second-order valence-corrected chi connectivity index (χ2v) is 7.56. The molecule has 4 N–H and O–H groups in total. The first-order chi connectivity index (χ1) is 14.3. The van der Waals surface area contributed by atoms with Crippen LogP contribution in [0.4, 0.5) is 27.5 Å². The Labute approximate surface area is 172 Å². The number of ether oxygens (including phenoxy) is 1. The van der Waals surface area contributed by atoms with Gasteiger partial charge in [-0.3, -0.25) is 0 Å². The van der Waals surface area contributed by atoms with E-state index in [1.165, 1.54) is 18.2 Å².